The molecule has 0 spiro atoms. The lowest BCUT2D eigenvalue weighted by Gasteiger charge is -2.25. The number of rotatable bonds is 8. The van der Waals surface area contributed by atoms with Crippen LogP contribution in [0.1, 0.15) is 44.7 Å². The molecule has 0 aromatic heterocycles. The Labute approximate surface area is 139 Å². The summed E-state index contributed by atoms with van der Waals surface area (Å²) < 4.78 is 10.8. The second-order valence-electron chi connectivity index (χ2n) is 5.64. The van der Waals surface area contributed by atoms with Crippen molar-refractivity contribution < 1.29 is 14.3 Å². The Balaban J connectivity index is 1.87. The third-order valence-electron chi connectivity index (χ3n) is 4.04. The summed E-state index contributed by atoms with van der Waals surface area (Å²) in [6, 6.07) is 8.28. The first-order valence-electron chi connectivity index (χ1n) is 8.61. The van der Waals surface area contributed by atoms with E-state index in [-0.39, 0.29) is 12.1 Å². The van der Waals surface area contributed by atoms with E-state index in [4.69, 9.17) is 9.47 Å². The molecule has 128 valence electrons. The first kappa shape index (κ1) is 17.6. The van der Waals surface area contributed by atoms with E-state index in [1.807, 2.05) is 30.9 Å². The van der Waals surface area contributed by atoms with Gasteiger partial charge in [-0.1, -0.05) is 12.1 Å². The Hall–Kier alpha value is -1.75. The molecule has 1 aromatic rings. The minimum absolute atomic E-state index is 0.0258. The van der Waals surface area contributed by atoms with Gasteiger partial charge in [-0.05, 0) is 50.8 Å². The molecule has 1 heterocycles. The van der Waals surface area contributed by atoms with Gasteiger partial charge >= 0.3 is 6.03 Å². The molecule has 2 rings (SSSR count). The topological polar surface area (TPSA) is 50.8 Å². The zero-order chi connectivity index (χ0) is 16.5. The van der Waals surface area contributed by atoms with Gasteiger partial charge in [0, 0.05) is 26.3 Å². The Morgan fingerprint density at radius 3 is 2.74 bits per heavy atom. The van der Waals surface area contributed by atoms with Gasteiger partial charge in [0.15, 0.2) is 0 Å². The maximum atomic E-state index is 12.4. The molecule has 5 nitrogen and oxygen atoms in total. The standard InChI is InChI=1S/C18H28N2O3/c1-3-22-14-6-12-19-18(21)20-13-5-7-17(20)15-8-10-16(11-9-15)23-4-2/h8-11,17H,3-7,12-14H2,1-2H3,(H,19,21). The zero-order valence-corrected chi connectivity index (χ0v) is 14.2. The second kappa shape index (κ2) is 9.40. The van der Waals surface area contributed by atoms with Crippen LogP contribution in [-0.4, -0.2) is 43.8 Å². The van der Waals surface area contributed by atoms with E-state index in [1.54, 1.807) is 0 Å². The Morgan fingerprint density at radius 2 is 2.04 bits per heavy atom. The number of carbonyl (C=O) groups excluding carboxylic acids is 1. The van der Waals surface area contributed by atoms with E-state index in [9.17, 15) is 4.79 Å². The van der Waals surface area contributed by atoms with E-state index in [0.29, 0.717) is 19.8 Å². The summed E-state index contributed by atoms with van der Waals surface area (Å²) in [5, 5.41) is 3.00. The molecule has 0 aliphatic carbocycles. The van der Waals surface area contributed by atoms with Crippen molar-refractivity contribution in [3.8, 4) is 5.75 Å². The molecule has 1 fully saturated rings. The van der Waals surface area contributed by atoms with Gasteiger partial charge in [0.05, 0.1) is 12.6 Å². The smallest absolute Gasteiger partial charge is 0.317 e. The Bertz CT molecular complexity index is 476. The highest BCUT2D eigenvalue weighted by atomic mass is 16.5. The number of nitrogens with zero attached hydrogens (tertiary/aromatic N) is 1. The van der Waals surface area contributed by atoms with Gasteiger partial charge in [0.1, 0.15) is 5.75 Å². The van der Waals surface area contributed by atoms with Gasteiger partial charge in [0.25, 0.3) is 0 Å². The Kier molecular flexibility index (Phi) is 7.20. The molecular weight excluding hydrogens is 292 g/mol. The SMILES string of the molecule is CCOCCCNC(=O)N1CCCC1c1ccc(OCC)cc1. The summed E-state index contributed by atoms with van der Waals surface area (Å²) in [6.45, 7) is 7.51. The van der Waals surface area contributed by atoms with Crippen LogP contribution in [0.5, 0.6) is 5.75 Å². The van der Waals surface area contributed by atoms with Crippen molar-refractivity contribution >= 4 is 6.03 Å². The molecule has 0 bridgehead atoms. The molecule has 0 saturated carbocycles. The lowest BCUT2D eigenvalue weighted by molar-refractivity contribution is 0.143. The predicted molar refractivity (Wildman–Crippen MR) is 90.8 cm³/mol. The normalized spacial score (nSPS) is 17.3. The van der Waals surface area contributed by atoms with Crippen molar-refractivity contribution in [2.45, 2.75) is 39.2 Å². The van der Waals surface area contributed by atoms with Crippen LogP contribution in [-0.2, 0) is 4.74 Å². The third-order valence-corrected chi connectivity index (χ3v) is 4.04. The maximum Gasteiger partial charge on any atom is 0.317 e. The summed E-state index contributed by atoms with van der Waals surface area (Å²) in [5.74, 6) is 0.876. The van der Waals surface area contributed by atoms with Crippen molar-refractivity contribution in [1.82, 2.24) is 10.2 Å². The van der Waals surface area contributed by atoms with Crippen molar-refractivity contribution in [3.63, 3.8) is 0 Å². The minimum Gasteiger partial charge on any atom is -0.494 e. The first-order valence-corrected chi connectivity index (χ1v) is 8.61. The van der Waals surface area contributed by atoms with Crippen LogP contribution in [0.15, 0.2) is 24.3 Å². The molecule has 0 radical (unpaired) electrons. The number of carbonyl (C=O) groups is 1. The van der Waals surface area contributed by atoms with Crippen molar-refractivity contribution in [2.24, 2.45) is 0 Å². The second-order valence-corrected chi connectivity index (χ2v) is 5.64. The highest BCUT2D eigenvalue weighted by Gasteiger charge is 2.29. The number of nitrogens with one attached hydrogen (secondary N) is 1. The van der Waals surface area contributed by atoms with Crippen LogP contribution >= 0.6 is 0 Å². The van der Waals surface area contributed by atoms with Gasteiger partial charge in [-0.15, -0.1) is 0 Å². The monoisotopic (exact) mass is 320 g/mol. The number of likely N-dealkylation sites (tertiary alicyclic amines) is 1. The lowest BCUT2D eigenvalue weighted by atomic mass is 10.0. The molecule has 5 heteroatoms. The van der Waals surface area contributed by atoms with Gasteiger partial charge in [-0.25, -0.2) is 4.79 Å². The van der Waals surface area contributed by atoms with Crippen LogP contribution in [0.2, 0.25) is 0 Å². The molecule has 1 aliphatic heterocycles. The maximum absolute atomic E-state index is 12.4. The predicted octanol–water partition coefficient (Wildman–Crippen LogP) is 3.36. The molecule has 1 saturated heterocycles. The number of hydrogen-bond acceptors (Lipinski definition) is 3. The lowest BCUT2D eigenvalue weighted by Crippen LogP contribution is -2.40. The summed E-state index contributed by atoms with van der Waals surface area (Å²) in [7, 11) is 0. The Morgan fingerprint density at radius 1 is 1.26 bits per heavy atom. The number of amides is 2. The van der Waals surface area contributed by atoms with Gasteiger partial charge < -0.3 is 19.7 Å². The summed E-state index contributed by atoms with van der Waals surface area (Å²) in [6.07, 6.45) is 2.91. The molecular formula is C18H28N2O3. The number of benzene rings is 1. The fourth-order valence-corrected chi connectivity index (χ4v) is 2.92. The summed E-state index contributed by atoms with van der Waals surface area (Å²) >= 11 is 0. The van der Waals surface area contributed by atoms with Crippen LogP contribution < -0.4 is 10.1 Å². The first-order chi connectivity index (χ1) is 11.3. The molecule has 23 heavy (non-hydrogen) atoms. The average molecular weight is 320 g/mol. The van der Waals surface area contributed by atoms with Crippen LogP contribution in [0.4, 0.5) is 4.79 Å². The molecule has 1 aliphatic rings. The van der Waals surface area contributed by atoms with Gasteiger partial charge in [0.2, 0.25) is 0 Å². The fraction of sp³-hybridized carbons (Fsp3) is 0.611. The van der Waals surface area contributed by atoms with E-state index in [2.05, 4.69) is 17.4 Å². The van der Waals surface area contributed by atoms with E-state index in [1.165, 1.54) is 5.56 Å². The van der Waals surface area contributed by atoms with Crippen LogP contribution in [0.3, 0.4) is 0 Å². The third kappa shape index (κ3) is 5.13. The van der Waals surface area contributed by atoms with Crippen molar-refractivity contribution in [2.75, 3.05) is 32.9 Å². The van der Waals surface area contributed by atoms with Crippen molar-refractivity contribution in [3.05, 3.63) is 29.8 Å². The summed E-state index contributed by atoms with van der Waals surface area (Å²) in [4.78, 5) is 14.3. The fourth-order valence-electron chi connectivity index (χ4n) is 2.92. The highest BCUT2D eigenvalue weighted by molar-refractivity contribution is 5.75. The molecule has 1 N–H and O–H groups in total. The number of urea groups is 1. The van der Waals surface area contributed by atoms with E-state index in [0.717, 1.165) is 38.2 Å². The van der Waals surface area contributed by atoms with Gasteiger partial charge in [-0.3, -0.25) is 0 Å². The molecule has 1 aromatic carbocycles. The number of ether oxygens (including phenoxy) is 2. The van der Waals surface area contributed by atoms with Crippen molar-refractivity contribution in [1.29, 1.82) is 0 Å². The van der Waals surface area contributed by atoms with E-state index < -0.39 is 0 Å². The zero-order valence-electron chi connectivity index (χ0n) is 14.2. The largest absolute Gasteiger partial charge is 0.494 e. The molecule has 1 atom stereocenters. The van der Waals surface area contributed by atoms with Gasteiger partial charge in [-0.2, -0.15) is 0 Å². The highest BCUT2D eigenvalue weighted by Crippen LogP contribution is 2.32. The molecule has 2 amide bonds. The van der Waals surface area contributed by atoms with E-state index >= 15 is 0 Å². The average Bonchev–Trinajstić information content (AvgIpc) is 3.05. The number of hydrogen-bond donors (Lipinski definition) is 1. The van der Waals surface area contributed by atoms with Crippen LogP contribution in [0, 0.1) is 0 Å². The quantitative estimate of drug-likeness (QED) is 0.747. The minimum atomic E-state index is 0.0258. The molecule has 1 unspecified atom stereocenters. The summed E-state index contributed by atoms with van der Waals surface area (Å²) in [5.41, 5.74) is 1.18. The van der Waals surface area contributed by atoms with Crippen LogP contribution in [0.25, 0.3) is 0 Å².